The number of nitrogens with one attached hydrogen (secondary N) is 3. The van der Waals surface area contributed by atoms with Gasteiger partial charge in [0.05, 0.1) is 24.3 Å². The lowest BCUT2D eigenvalue weighted by Gasteiger charge is -2.28. The highest BCUT2D eigenvalue weighted by molar-refractivity contribution is 5.68. The van der Waals surface area contributed by atoms with Crippen molar-refractivity contribution in [3.8, 4) is 5.75 Å². The maximum absolute atomic E-state index is 12.9. The second-order valence-electron chi connectivity index (χ2n) is 13.2. The number of rotatable bonds is 17. The Balaban J connectivity index is 1.37. The minimum atomic E-state index is -1.05. The number of aliphatic hydroxyl groups is 2. The van der Waals surface area contributed by atoms with Crippen LogP contribution in [0.25, 0.3) is 0 Å². The number of benzene rings is 4. The lowest BCUT2D eigenvalue weighted by atomic mass is 10.00. The Hall–Kier alpha value is -4.90. The number of carbonyl (C=O) groups excluding carboxylic acids is 2. The van der Waals surface area contributed by atoms with Crippen LogP contribution in [0.4, 0.5) is 9.59 Å². The van der Waals surface area contributed by atoms with E-state index in [1.165, 1.54) is 0 Å². The van der Waals surface area contributed by atoms with Gasteiger partial charge in [0.25, 0.3) is 0 Å². The van der Waals surface area contributed by atoms with E-state index in [0.717, 1.165) is 22.3 Å². The van der Waals surface area contributed by atoms with Crippen molar-refractivity contribution in [2.45, 2.75) is 76.7 Å². The Labute approximate surface area is 294 Å². The smallest absolute Gasteiger partial charge is 0.407 e. The van der Waals surface area contributed by atoms with Crippen LogP contribution >= 0.6 is 0 Å². The van der Waals surface area contributed by atoms with Crippen LogP contribution in [0.1, 0.15) is 43.0 Å². The van der Waals surface area contributed by atoms with Gasteiger partial charge in [-0.1, -0.05) is 103 Å². The molecule has 0 aliphatic carbocycles. The maximum atomic E-state index is 12.9. The molecule has 0 heterocycles. The van der Waals surface area contributed by atoms with Crippen LogP contribution in [0, 0.1) is 0 Å². The lowest BCUT2D eigenvalue weighted by Crippen LogP contribution is -2.52. The van der Waals surface area contributed by atoms with E-state index in [4.69, 9.17) is 14.2 Å². The van der Waals surface area contributed by atoms with Crippen molar-refractivity contribution in [1.82, 2.24) is 16.0 Å². The quantitative estimate of drug-likeness (QED) is 0.0977. The fourth-order valence-corrected chi connectivity index (χ4v) is 5.19. The summed E-state index contributed by atoms with van der Waals surface area (Å²) in [5.74, 6) is 0.700. The molecule has 0 radical (unpaired) electrons. The summed E-state index contributed by atoms with van der Waals surface area (Å²) in [5, 5.41) is 31.2. The molecule has 4 atom stereocenters. The van der Waals surface area contributed by atoms with Crippen molar-refractivity contribution in [2.24, 2.45) is 0 Å². The SMILES string of the molecule is CC(C)(C)OC(=O)N[C@@H](Cc1ccccc1)[C@H](O)CNC[C@@H](O)[C@H](Cc1ccc(OCc2ccccc2)cc1)NC(=O)OCc1ccccc1. The summed E-state index contributed by atoms with van der Waals surface area (Å²) in [5.41, 5.74) is 3.00. The third-order valence-electron chi connectivity index (χ3n) is 7.78. The Morgan fingerprint density at radius 2 is 1.04 bits per heavy atom. The molecule has 10 nitrogen and oxygen atoms in total. The zero-order valence-corrected chi connectivity index (χ0v) is 29.0. The molecule has 266 valence electrons. The maximum Gasteiger partial charge on any atom is 0.407 e. The molecular formula is C40H49N3O7. The molecule has 50 heavy (non-hydrogen) atoms. The molecule has 4 aromatic rings. The minimum absolute atomic E-state index is 0.0451. The number of alkyl carbamates (subject to hydrolysis) is 2. The highest BCUT2D eigenvalue weighted by Gasteiger charge is 2.27. The predicted molar refractivity (Wildman–Crippen MR) is 193 cm³/mol. The van der Waals surface area contributed by atoms with E-state index in [-0.39, 0.29) is 19.7 Å². The first-order valence-electron chi connectivity index (χ1n) is 16.9. The van der Waals surface area contributed by atoms with E-state index < -0.39 is 42.1 Å². The van der Waals surface area contributed by atoms with Crippen molar-refractivity contribution in [3.05, 3.63) is 138 Å². The van der Waals surface area contributed by atoms with E-state index in [9.17, 15) is 19.8 Å². The van der Waals surface area contributed by atoms with Crippen LogP contribution in [0.3, 0.4) is 0 Å². The molecule has 0 unspecified atom stereocenters. The second-order valence-corrected chi connectivity index (χ2v) is 13.2. The van der Waals surface area contributed by atoms with Gasteiger partial charge in [0.1, 0.15) is 24.6 Å². The Morgan fingerprint density at radius 1 is 0.600 bits per heavy atom. The fraction of sp³-hybridized carbons (Fsp3) is 0.350. The van der Waals surface area contributed by atoms with Gasteiger partial charge in [-0.25, -0.2) is 9.59 Å². The number of hydrogen-bond donors (Lipinski definition) is 5. The number of carbonyl (C=O) groups is 2. The molecule has 10 heteroatoms. The molecule has 0 fully saturated rings. The van der Waals surface area contributed by atoms with Crippen molar-refractivity contribution in [1.29, 1.82) is 0 Å². The summed E-state index contributed by atoms with van der Waals surface area (Å²) in [7, 11) is 0. The van der Waals surface area contributed by atoms with Gasteiger partial charge in [-0.05, 0) is 68.0 Å². The molecule has 0 spiro atoms. The van der Waals surface area contributed by atoms with Crippen LogP contribution in [0.2, 0.25) is 0 Å². The Morgan fingerprint density at radius 3 is 1.54 bits per heavy atom. The van der Waals surface area contributed by atoms with E-state index in [1.807, 2.05) is 115 Å². The highest BCUT2D eigenvalue weighted by atomic mass is 16.6. The summed E-state index contributed by atoms with van der Waals surface area (Å²) in [6, 6.07) is 34.8. The van der Waals surface area contributed by atoms with E-state index in [2.05, 4.69) is 16.0 Å². The number of aliphatic hydroxyl groups excluding tert-OH is 2. The van der Waals surface area contributed by atoms with Crippen LogP contribution in [-0.4, -0.2) is 65.4 Å². The first-order chi connectivity index (χ1) is 24.0. The summed E-state index contributed by atoms with van der Waals surface area (Å²) in [4.78, 5) is 25.5. The Bertz CT molecular complexity index is 1570. The normalized spacial score (nSPS) is 13.7. The van der Waals surface area contributed by atoms with Crippen molar-refractivity contribution in [2.75, 3.05) is 13.1 Å². The van der Waals surface area contributed by atoms with Crippen molar-refractivity contribution in [3.63, 3.8) is 0 Å². The van der Waals surface area contributed by atoms with Crippen LogP contribution in [0.15, 0.2) is 115 Å². The van der Waals surface area contributed by atoms with E-state index in [1.54, 1.807) is 20.8 Å². The first-order valence-corrected chi connectivity index (χ1v) is 16.9. The van der Waals surface area contributed by atoms with Gasteiger partial charge in [0.2, 0.25) is 0 Å². The molecule has 2 amide bonds. The van der Waals surface area contributed by atoms with E-state index in [0.29, 0.717) is 25.2 Å². The number of hydrogen-bond acceptors (Lipinski definition) is 8. The van der Waals surface area contributed by atoms with Gasteiger partial charge < -0.3 is 40.4 Å². The van der Waals surface area contributed by atoms with Crippen LogP contribution < -0.4 is 20.7 Å². The largest absolute Gasteiger partial charge is 0.489 e. The highest BCUT2D eigenvalue weighted by Crippen LogP contribution is 2.17. The van der Waals surface area contributed by atoms with Crippen LogP contribution in [0.5, 0.6) is 5.75 Å². The molecule has 0 saturated heterocycles. The summed E-state index contributed by atoms with van der Waals surface area (Å²) >= 11 is 0. The average molecular weight is 684 g/mol. The zero-order valence-electron chi connectivity index (χ0n) is 29.0. The van der Waals surface area contributed by atoms with Crippen LogP contribution in [-0.2, 0) is 35.5 Å². The standard InChI is InChI=1S/C40H49N3O7/c1-40(2,3)50-39(47)43-35(23-29-13-7-4-8-14-29)37(45)26-41-25-36(44)34(42-38(46)49-28-32-17-11-6-12-18-32)24-30-19-21-33(22-20-30)48-27-31-15-9-5-10-16-31/h4-22,34-37,41,44-45H,23-28H2,1-3H3,(H,42,46)(H,43,47)/t34-,35-,36+,37+/m0/s1. The molecule has 4 rings (SSSR count). The van der Waals surface area contributed by atoms with Gasteiger partial charge in [-0.2, -0.15) is 0 Å². The van der Waals surface area contributed by atoms with Crippen molar-refractivity contribution < 1.29 is 34.0 Å². The zero-order chi connectivity index (χ0) is 35.8. The minimum Gasteiger partial charge on any atom is -0.489 e. The van der Waals surface area contributed by atoms with Gasteiger partial charge in [-0.3, -0.25) is 0 Å². The molecule has 0 aromatic heterocycles. The second kappa shape index (κ2) is 19.3. The molecule has 4 aromatic carbocycles. The molecule has 0 bridgehead atoms. The monoisotopic (exact) mass is 683 g/mol. The van der Waals surface area contributed by atoms with Gasteiger partial charge in [0, 0.05) is 13.1 Å². The molecule has 0 aliphatic heterocycles. The van der Waals surface area contributed by atoms with E-state index >= 15 is 0 Å². The topological polar surface area (TPSA) is 138 Å². The fourth-order valence-electron chi connectivity index (χ4n) is 5.19. The molecular weight excluding hydrogens is 634 g/mol. The number of amides is 2. The predicted octanol–water partition coefficient (Wildman–Crippen LogP) is 5.55. The van der Waals surface area contributed by atoms with Gasteiger partial charge in [0.15, 0.2) is 0 Å². The third kappa shape index (κ3) is 13.9. The molecule has 0 saturated carbocycles. The summed E-state index contributed by atoms with van der Waals surface area (Å²) in [6.45, 7) is 5.94. The molecule has 0 aliphatic rings. The van der Waals surface area contributed by atoms with Gasteiger partial charge >= 0.3 is 12.2 Å². The summed E-state index contributed by atoms with van der Waals surface area (Å²) < 4.78 is 16.8. The number of ether oxygens (including phenoxy) is 3. The summed E-state index contributed by atoms with van der Waals surface area (Å²) in [6.07, 6.45) is -2.68. The first kappa shape index (κ1) is 37.9. The molecule has 5 N–H and O–H groups in total. The lowest BCUT2D eigenvalue weighted by molar-refractivity contribution is 0.0416. The van der Waals surface area contributed by atoms with Crippen molar-refractivity contribution >= 4 is 12.2 Å². The third-order valence-corrected chi connectivity index (χ3v) is 7.78. The van der Waals surface area contributed by atoms with Gasteiger partial charge in [-0.15, -0.1) is 0 Å². The average Bonchev–Trinajstić information content (AvgIpc) is 3.10. The Kier molecular flexibility index (Phi) is 14.7.